The molecule has 0 aromatic heterocycles. The van der Waals surface area contributed by atoms with E-state index in [-0.39, 0.29) is 11.7 Å². The number of anilines is 1. The molecule has 2 rings (SSSR count). The Kier molecular flexibility index (Phi) is 5.19. The van der Waals surface area contributed by atoms with Gasteiger partial charge in [0, 0.05) is 27.4 Å². The number of ketones is 1. The Morgan fingerprint density at radius 1 is 1.13 bits per heavy atom. The number of benzene rings is 2. The smallest absolute Gasteiger partial charge is 0.255 e. The van der Waals surface area contributed by atoms with E-state index in [1.165, 1.54) is 14.0 Å². The number of amides is 1. The quantitative estimate of drug-likeness (QED) is 0.836. The molecule has 1 amide bonds. The van der Waals surface area contributed by atoms with Crippen LogP contribution in [0.25, 0.3) is 5.57 Å². The van der Waals surface area contributed by atoms with Crippen LogP contribution in [-0.2, 0) is 4.79 Å². The van der Waals surface area contributed by atoms with Crippen molar-refractivity contribution in [2.45, 2.75) is 6.92 Å². The first-order valence-electron chi connectivity index (χ1n) is 6.87. The summed E-state index contributed by atoms with van der Waals surface area (Å²) in [7, 11) is 1.53. The van der Waals surface area contributed by atoms with Crippen molar-refractivity contribution >= 4 is 34.6 Å². The second-order valence-electron chi connectivity index (χ2n) is 4.91. The van der Waals surface area contributed by atoms with Crippen molar-refractivity contribution in [3.05, 3.63) is 65.2 Å². The van der Waals surface area contributed by atoms with Crippen LogP contribution in [0.15, 0.2) is 49.0 Å². The molecule has 2 aromatic rings. The molecule has 4 nitrogen and oxygen atoms in total. The van der Waals surface area contributed by atoms with Crippen LogP contribution in [0.2, 0.25) is 5.02 Å². The second kappa shape index (κ2) is 7.11. The lowest BCUT2D eigenvalue weighted by Crippen LogP contribution is -2.13. The highest BCUT2D eigenvalue weighted by Gasteiger charge is 2.14. The van der Waals surface area contributed by atoms with E-state index in [1.807, 2.05) is 0 Å². The number of hydrogen-bond acceptors (Lipinski definition) is 3. The first kappa shape index (κ1) is 16.8. The summed E-state index contributed by atoms with van der Waals surface area (Å²) >= 11 is 5.82. The molecule has 1 N–H and O–H groups in total. The average molecular weight is 330 g/mol. The maximum absolute atomic E-state index is 12.3. The second-order valence-corrected chi connectivity index (χ2v) is 5.34. The normalized spacial score (nSPS) is 10.0. The predicted octanol–water partition coefficient (Wildman–Crippen LogP) is 4.20. The minimum Gasteiger partial charge on any atom is -0.497 e. The zero-order chi connectivity index (χ0) is 17.0. The van der Waals surface area contributed by atoms with Crippen LogP contribution in [0.4, 0.5) is 5.69 Å². The third-order valence-electron chi connectivity index (χ3n) is 3.33. The van der Waals surface area contributed by atoms with Gasteiger partial charge >= 0.3 is 0 Å². The average Bonchev–Trinajstić information content (AvgIpc) is 2.55. The first-order valence-corrected chi connectivity index (χ1v) is 7.25. The Bertz CT molecular complexity index is 766. The van der Waals surface area contributed by atoms with E-state index in [9.17, 15) is 9.59 Å². The molecule has 2 aromatic carbocycles. The zero-order valence-electron chi connectivity index (χ0n) is 12.9. The fourth-order valence-electron chi connectivity index (χ4n) is 1.99. The van der Waals surface area contributed by atoms with Crippen molar-refractivity contribution in [3.63, 3.8) is 0 Å². The van der Waals surface area contributed by atoms with Gasteiger partial charge in [0.05, 0.1) is 7.11 Å². The van der Waals surface area contributed by atoms with Crippen LogP contribution in [0.3, 0.4) is 0 Å². The van der Waals surface area contributed by atoms with Gasteiger partial charge in [0.25, 0.3) is 5.91 Å². The summed E-state index contributed by atoms with van der Waals surface area (Å²) in [5, 5.41) is 3.34. The molecule has 0 spiro atoms. The third-order valence-corrected chi connectivity index (χ3v) is 3.58. The molecule has 0 unspecified atom stereocenters. The van der Waals surface area contributed by atoms with Crippen LogP contribution in [0, 0.1) is 0 Å². The van der Waals surface area contributed by atoms with Gasteiger partial charge in [-0.05, 0) is 49.4 Å². The van der Waals surface area contributed by atoms with Crippen molar-refractivity contribution in [2.24, 2.45) is 0 Å². The van der Waals surface area contributed by atoms with E-state index in [2.05, 4.69) is 11.9 Å². The lowest BCUT2D eigenvalue weighted by Gasteiger charge is -2.13. The molecule has 0 atom stereocenters. The number of hydrogen-bond donors (Lipinski definition) is 1. The summed E-state index contributed by atoms with van der Waals surface area (Å²) in [5.74, 6) is 0.0940. The van der Waals surface area contributed by atoms with Crippen molar-refractivity contribution in [2.75, 3.05) is 12.4 Å². The van der Waals surface area contributed by atoms with Gasteiger partial charge in [0.2, 0.25) is 0 Å². The summed E-state index contributed by atoms with van der Waals surface area (Å²) in [4.78, 5) is 23.9. The highest BCUT2D eigenvalue weighted by molar-refractivity contribution is 6.30. The number of carbonyl (C=O) groups excluding carboxylic acids is 2. The van der Waals surface area contributed by atoms with Crippen molar-refractivity contribution < 1.29 is 14.3 Å². The lowest BCUT2D eigenvalue weighted by atomic mass is 10.0. The molecule has 0 saturated heterocycles. The maximum Gasteiger partial charge on any atom is 0.255 e. The number of halogens is 1. The molecule has 23 heavy (non-hydrogen) atoms. The van der Waals surface area contributed by atoms with Gasteiger partial charge in [0.15, 0.2) is 5.78 Å². The SMILES string of the molecule is C=C(C(C)=O)c1cc(OC)ccc1NC(=O)c1ccc(Cl)cc1. The molecular weight excluding hydrogens is 314 g/mol. The summed E-state index contributed by atoms with van der Waals surface area (Å²) in [6.45, 7) is 5.20. The minimum absolute atomic E-state index is 0.180. The van der Waals surface area contributed by atoms with E-state index in [0.29, 0.717) is 33.2 Å². The molecule has 0 fully saturated rings. The molecule has 5 heteroatoms. The number of rotatable bonds is 5. The van der Waals surface area contributed by atoms with Crippen LogP contribution in [0.5, 0.6) is 5.75 Å². The van der Waals surface area contributed by atoms with Crippen LogP contribution in [-0.4, -0.2) is 18.8 Å². The third kappa shape index (κ3) is 3.99. The number of carbonyl (C=O) groups is 2. The largest absolute Gasteiger partial charge is 0.497 e. The van der Waals surface area contributed by atoms with Crippen molar-refractivity contribution in [3.8, 4) is 5.75 Å². The lowest BCUT2D eigenvalue weighted by molar-refractivity contribution is -0.111. The topological polar surface area (TPSA) is 55.4 Å². The molecule has 0 aliphatic rings. The van der Waals surface area contributed by atoms with E-state index in [1.54, 1.807) is 42.5 Å². The number of Topliss-reactive ketones (excluding diaryl/α,β-unsaturated/α-hetero) is 1. The molecular formula is C18H16ClNO3. The maximum atomic E-state index is 12.3. The van der Waals surface area contributed by atoms with Gasteiger partial charge < -0.3 is 10.1 Å². The highest BCUT2D eigenvalue weighted by atomic mass is 35.5. The van der Waals surface area contributed by atoms with Crippen LogP contribution < -0.4 is 10.1 Å². The Hall–Kier alpha value is -2.59. The summed E-state index contributed by atoms with van der Waals surface area (Å²) in [6.07, 6.45) is 0. The molecule has 0 aliphatic heterocycles. The predicted molar refractivity (Wildman–Crippen MR) is 92.1 cm³/mol. The molecule has 0 heterocycles. The molecule has 0 radical (unpaired) electrons. The minimum atomic E-state index is -0.301. The van der Waals surface area contributed by atoms with Crippen molar-refractivity contribution in [1.29, 1.82) is 0 Å². The van der Waals surface area contributed by atoms with E-state index in [4.69, 9.17) is 16.3 Å². The van der Waals surface area contributed by atoms with Gasteiger partial charge in [-0.15, -0.1) is 0 Å². The van der Waals surface area contributed by atoms with Gasteiger partial charge in [0.1, 0.15) is 5.75 Å². The standard InChI is InChI=1S/C18H16ClNO3/c1-11(12(2)21)16-10-15(23-3)8-9-17(16)20-18(22)13-4-6-14(19)7-5-13/h4-10H,1H2,2-3H3,(H,20,22). The van der Waals surface area contributed by atoms with E-state index >= 15 is 0 Å². The molecule has 0 saturated carbocycles. The number of ether oxygens (including phenoxy) is 1. The van der Waals surface area contributed by atoms with E-state index in [0.717, 1.165) is 0 Å². The Balaban J connectivity index is 2.35. The van der Waals surface area contributed by atoms with Gasteiger partial charge in [-0.3, -0.25) is 9.59 Å². The summed E-state index contributed by atoms with van der Waals surface area (Å²) in [5.41, 5.74) is 1.78. The van der Waals surface area contributed by atoms with Gasteiger partial charge in [-0.25, -0.2) is 0 Å². The summed E-state index contributed by atoms with van der Waals surface area (Å²) < 4.78 is 5.16. The fourth-order valence-corrected chi connectivity index (χ4v) is 2.12. The Morgan fingerprint density at radius 3 is 2.35 bits per heavy atom. The van der Waals surface area contributed by atoms with Crippen molar-refractivity contribution in [1.82, 2.24) is 0 Å². The zero-order valence-corrected chi connectivity index (χ0v) is 13.6. The number of nitrogens with one attached hydrogen (secondary N) is 1. The highest BCUT2D eigenvalue weighted by Crippen LogP contribution is 2.28. The Labute approximate surface area is 139 Å². The van der Waals surface area contributed by atoms with E-state index < -0.39 is 0 Å². The first-order chi connectivity index (χ1) is 10.9. The van der Waals surface area contributed by atoms with Crippen LogP contribution in [0.1, 0.15) is 22.8 Å². The molecule has 118 valence electrons. The Morgan fingerprint density at radius 2 is 1.78 bits per heavy atom. The number of allylic oxidation sites excluding steroid dienone is 1. The van der Waals surface area contributed by atoms with Gasteiger partial charge in [-0.2, -0.15) is 0 Å². The molecule has 0 aliphatic carbocycles. The van der Waals surface area contributed by atoms with Gasteiger partial charge in [-0.1, -0.05) is 18.2 Å². The fraction of sp³-hybridized carbons (Fsp3) is 0.111. The molecule has 0 bridgehead atoms. The van der Waals surface area contributed by atoms with Crippen LogP contribution >= 0.6 is 11.6 Å². The summed E-state index contributed by atoms with van der Waals surface area (Å²) in [6, 6.07) is 11.6. The number of methoxy groups -OCH3 is 1. The monoisotopic (exact) mass is 329 g/mol.